The molecular weight excluding hydrogens is 346 g/mol. The Morgan fingerprint density at radius 2 is 2.00 bits per heavy atom. The number of fused-ring (bicyclic) bond motifs is 1. The van der Waals surface area contributed by atoms with Crippen molar-refractivity contribution in [3.63, 3.8) is 0 Å². The molecule has 0 aliphatic carbocycles. The Morgan fingerprint density at radius 3 is 2.70 bits per heavy atom. The van der Waals surface area contributed by atoms with Gasteiger partial charge in [-0.3, -0.25) is 9.58 Å². The largest absolute Gasteiger partial charge is 0.488 e. The number of aryl methyl sites for hydroxylation is 1. The molecule has 2 heterocycles. The minimum atomic E-state index is -0.368. The van der Waals surface area contributed by atoms with E-state index < -0.39 is 0 Å². The fraction of sp³-hybridized carbons (Fsp3) is 0.300. The molecule has 0 unspecified atom stereocenters. The number of benzene rings is 2. The number of cyclic esters (lactones) is 1. The average molecular weight is 367 g/mol. The highest BCUT2D eigenvalue weighted by atomic mass is 16.6. The zero-order valence-corrected chi connectivity index (χ0v) is 15.3. The van der Waals surface area contributed by atoms with E-state index in [-0.39, 0.29) is 6.09 Å². The first-order valence-electron chi connectivity index (χ1n) is 8.77. The maximum Gasteiger partial charge on any atom is 0.415 e. The Morgan fingerprint density at radius 1 is 1.19 bits per heavy atom. The van der Waals surface area contributed by atoms with Gasteiger partial charge in [0.05, 0.1) is 18.7 Å². The third-order valence-corrected chi connectivity index (χ3v) is 4.57. The number of aromatic nitrogens is 2. The fourth-order valence-electron chi connectivity index (χ4n) is 3.23. The maximum atomic E-state index is 12.0. The van der Waals surface area contributed by atoms with Gasteiger partial charge in [0, 0.05) is 31.2 Å². The first-order chi connectivity index (χ1) is 13.2. The van der Waals surface area contributed by atoms with E-state index >= 15 is 0 Å². The van der Waals surface area contributed by atoms with Gasteiger partial charge in [-0.25, -0.2) is 4.79 Å². The van der Waals surface area contributed by atoms with Gasteiger partial charge in [-0.05, 0) is 11.6 Å². The van der Waals surface area contributed by atoms with E-state index in [2.05, 4.69) is 5.10 Å². The molecule has 1 aromatic heterocycles. The second-order valence-electron chi connectivity index (χ2n) is 6.40. The minimum absolute atomic E-state index is 0.368. The van der Waals surface area contributed by atoms with Gasteiger partial charge in [0.2, 0.25) is 0 Å². The molecule has 0 bridgehead atoms. The van der Waals surface area contributed by atoms with Crippen molar-refractivity contribution < 1.29 is 19.0 Å². The molecule has 27 heavy (non-hydrogen) atoms. The molecular formula is C20H21N3O4. The summed E-state index contributed by atoms with van der Waals surface area (Å²) in [4.78, 5) is 13.5. The fourth-order valence-corrected chi connectivity index (χ4v) is 3.23. The Balaban J connectivity index is 1.72. The summed E-state index contributed by atoms with van der Waals surface area (Å²) in [5.41, 5.74) is 2.88. The average Bonchev–Trinajstić information content (AvgIpc) is 3.24. The molecule has 1 saturated heterocycles. The van der Waals surface area contributed by atoms with Gasteiger partial charge >= 0.3 is 6.09 Å². The Hall–Kier alpha value is -3.06. The van der Waals surface area contributed by atoms with Crippen molar-refractivity contribution in [1.82, 2.24) is 9.78 Å². The summed E-state index contributed by atoms with van der Waals surface area (Å²) in [6.07, 6.45) is -0.368. The van der Waals surface area contributed by atoms with E-state index in [1.54, 1.807) is 16.7 Å². The molecule has 0 atom stereocenters. The molecule has 7 heteroatoms. The molecule has 0 radical (unpaired) electrons. The van der Waals surface area contributed by atoms with Crippen molar-refractivity contribution in [3.8, 4) is 5.75 Å². The standard InChI is InChI=1S/C20H21N3O4/c1-22-17-11-18(27-12-14-6-4-3-5-7-14)15(13-25-2)10-16(17)19(21-22)23-8-9-26-20(23)24/h3-7,10-11H,8-9,12-13H2,1-2H3. The van der Waals surface area contributed by atoms with Crippen LogP contribution in [-0.4, -0.2) is 36.1 Å². The Labute approximate surface area is 157 Å². The first-order valence-corrected chi connectivity index (χ1v) is 8.77. The zero-order chi connectivity index (χ0) is 18.8. The quantitative estimate of drug-likeness (QED) is 0.669. The summed E-state index contributed by atoms with van der Waals surface area (Å²) in [6.45, 7) is 1.74. The van der Waals surface area contributed by atoms with E-state index in [4.69, 9.17) is 14.2 Å². The molecule has 1 aliphatic rings. The van der Waals surface area contributed by atoms with Crippen LogP contribution in [0.1, 0.15) is 11.1 Å². The summed E-state index contributed by atoms with van der Waals surface area (Å²) >= 11 is 0. The van der Waals surface area contributed by atoms with Gasteiger partial charge in [0.15, 0.2) is 5.82 Å². The third kappa shape index (κ3) is 3.33. The second-order valence-corrected chi connectivity index (χ2v) is 6.40. The lowest BCUT2D eigenvalue weighted by Gasteiger charge is -2.13. The summed E-state index contributed by atoms with van der Waals surface area (Å²) in [7, 11) is 3.50. The van der Waals surface area contributed by atoms with Gasteiger partial charge in [-0.2, -0.15) is 5.10 Å². The smallest absolute Gasteiger partial charge is 0.415 e. The molecule has 3 aromatic rings. The highest BCUT2D eigenvalue weighted by molar-refractivity contribution is 6.00. The van der Waals surface area contributed by atoms with Crippen LogP contribution in [0.5, 0.6) is 5.75 Å². The molecule has 7 nitrogen and oxygen atoms in total. The number of anilines is 1. The summed E-state index contributed by atoms with van der Waals surface area (Å²) in [5.74, 6) is 1.34. The lowest BCUT2D eigenvalue weighted by atomic mass is 10.1. The Kier molecular flexibility index (Phi) is 4.68. The van der Waals surface area contributed by atoms with Gasteiger partial charge in [-0.1, -0.05) is 30.3 Å². The summed E-state index contributed by atoms with van der Waals surface area (Å²) < 4.78 is 18.2. The van der Waals surface area contributed by atoms with E-state index in [0.717, 1.165) is 27.8 Å². The van der Waals surface area contributed by atoms with Gasteiger partial charge in [0.25, 0.3) is 0 Å². The van der Waals surface area contributed by atoms with Crippen LogP contribution in [0.3, 0.4) is 0 Å². The molecule has 0 N–H and O–H groups in total. The van der Waals surface area contributed by atoms with Crippen LogP contribution in [-0.2, 0) is 29.7 Å². The monoisotopic (exact) mass is 367 g/mol. The molecule has 0 spiro atoms. The molecule has 1 amide bonds. The van der Waals surface area contributed by atoms with Crippen LogP contribution in [0.25, 0.3) is 10.9 Å². The molecule has 1 aliphatic heterocycles. The van der Waals surface area contributed by atoms with Crippen molar-refractivity contribution in [2.75, 3.05) is 25.2 Å². The number of carbonyl (C=O) groups excluding carboxylic acids is 1. The van der Waals surface area contributed by atoms with E-state index in [1.165, 1.54) is 0 Å². The number of rotatable bonds is 6. The molecule has 1 fully saturated rings. The third-order valence-electron chi connectivity index (χ3n) is 4.57. The molecule has 4 rings (SSSR count). The molecule has 0 saturated carbocycles. The molecule has 2 aromatic carbocycles. The minimum Gasteiger partial charge on any atom is -0.488 e. The highest BCUT2D eigenvalue weighted by Crippen LogP contribution is 2.33. The summed E-state index contributed by atoms with van der Waals surface area (Å²) in [5, 5.41) is 5.40. The maximum absolute atomic E-state index is 12.0. The van der Waals surface area contributed by atoms with Gasteiger partial charge in [-0.15, -0.1) is 0 Å². The number of amides is 1. The van der Waals surface area contributed by atoms with Crippen molar-refractivity contribution >= 4 is 22.8 Å². The SMILES string of the molecule is COCc1cc2c(N3CCOC3=O)nn(C)c2cc1OCc1ccccc1. The number of carbonyl (C=O) groups is 1. The van der Waals surface area contributed by atoms with Crippen molar-refractivity contribution in [3.05, 3.63) is 53.6 Å². The number of ether oxygens (including phenoxy) is 3. The van der Waals surface area contributed by atoms with Crippen LogP contribution in [0.2, 0.25) is 0 Å². The topological polar surface area (TPSA) is 65.8 Å². The van der Waals surface area contributed by atoms with E-state index in [9.17, 15) is 4.79 Å². The highest BCUT2D eigenvalue weighted by Gasteiger charge is 2.28. The van der Waals surface area contributed by atoms with Crippen LogP contribution < -0.4 is 9.64 Å². The van der Waals surface area contributed by atoms with Crippen LogP contribution in [0, 0.1) is 0 Å². The lowest BCUT2D eigenvalue weighted by molar-refractivity contribution is 0.179. The Bertz CT molecular complexity index is 968. The van der Waals surface area contributed by atoms with Crippen LogP contribution >= 0.6 is 0 Å². The van der Waals surface area contributed by atoms with Crippen molar-refractivity contribution in [2.24, 2.45) is 7.05 Å². The van der Waals surface area contributed by atoms with Crippen molar-refractivity contribution in [2.45, 2.75) is 13.2 Å². The van der Waals surface area contributed by atoms with Crippen molar-refractivity contribution in [1.29, 1.82) is 0 Å². The van der Waals surface area contributed by atoms with Gasteiger partial charge < -0.3 is 14.2 Å². The predicted octanol–water partition coefficient (Wildman–Crippen LogP) is 3.26. The van der Waals surface area contributed by atoms with Crippen LogP contribution in [0.15, 0.2) is 42.5 Å². The normalized spacial score (nSPS) is 14.0. The van der Waals surface area contributed by atoms with Gasteiger partial charge in [0.1, 0.15) is 19.0 Å². The van der Waals surface area contributed by atoms with Crippen LogP contribution in [0.4, 0.5) is 10.6 Å². The first kappa shape index (κ1) is 17.4. The number of methoxy groups -OCH3 is 1. The number of nitrogens with zero attached hydrogens (tertiary/aromatic N) is 3. The summed E-state index contributed by atoms with van der Waals surface area (Å²) in [6, 6.07) is 13.9. The van der Waals surface area contributed by atoms with E-state index in [0.29, 0.717) is 32.2 Å². The molecule has 140 valence electrons. The van der Waals surface area contributed by atoms with E-state index in [1.807, 2.05) is 49.5 Å². The number of hydrogen-bond acceptors (Lipinski definition) is 5. The second kappa shape index (κ2) is 7.28. The lowest BCUT2D eigenvalue weighted by Crippen LogP contribution is -2.24. The predicted molar refractivity (Wildman–Crippen MR) is 101 cm³/mol. The number of hydrogen-bond donors (Lipinski definition) is 0. The zero-order valence-electron chi connectivity index (χ0n) is 15.3.